The van der Waals surface area contributed by atoms with Gasteiger partial charge >= 0.3 is 11.6 Å². The fraction of sp³-hybridized carbons (Fsp3) is 0.167. The number of benzene rings is 1. The van der Waals surface area contributed by atoms with Gasteiger partial charge in [0, 0.05) is 10.9 Å². The monoisotopic (exact) mass is 498 g/mol. The molecule has 2 aromatic rings. The lowest BCUT2D eigenvalue weighted by Crippen LogP contribution is -2.02. The second-order valence-electron chi connectivity index (χ2n) is 7.19. The summed E-state index contributed by atoms with van der Waals surface area (Å²) in [4.78, 5) is 25.0. The Labute approximate surface area is 182 Å². The van der Waals surface area contributed by atoms with E-state index in [4.69, 9.17) is 9.15 Å². The molecule has 0 unspecified atom stereocenters. The van der Waals surface area contributed by atoms with E-state index in [-0.39, 0.29) is 0 Å². The molecule has 0 N–H and O–H groups in total. The zero-order valence-electron chi connectivity index (χ0n) is 16.3. The molecule has 0 radical (unpaired) electrons. The number of carbonyl (C=O) groups is 1. The number of rotatable bonds is 3. The van der Waals surface area contributed by atoms with Crippen LogP contribution in [0, 0.1) is 3.57 Å². The average molecular weight is 498 g/mol. The number of esters is 1. The van der Waals surface area contributed by atoms with Gasteiger partial charge in [-0.25, -0.2) is 9.59 Å². The van der Waals surface area contributed by atoms with Crippen molar-refractivity contribution < 1.29 is 13.9 Å². The Morgan fingerprint density at radius 2 is 1.62 bits per heavy atom. The van der Waals surface area contributed by atoms with Crippen LogP contribution in [-0.2, 0) is 4.74 Å². The van der Waals surface area contributed by atoms with Crippen LogP contribution in [0.2, 0.25) is 0 Å². The SMILES string of the molecule is COC(=O)c1cc(-c2oc(=O)c3ccccc3c2I)c2ccc(C(C)C)ccc1-2. The fourth-order valence-corrected chi connectivity index (χ4v) is 4.43. The van der Waals surface area contributed by atoms with Crippen LogP contribution in [0.25, 0.3) is 33.2 Å². The first-order valence-electron chi connectivity index (χ1n) is 9.29. The first-order chi connectivity index (χ1) is 13.9. The van der Waals surface area contributed by atoms with Crippen LogP contribution in [0.1, 0.15) is 35.7 Å². The summed E-state index contributed by atoms with van der Waals surface area (Å²) in [6.07, 6.45) is 0. The molecule has 146 valence electrons. The highest BCUT2D eigenvalue weighted by atomic mass is 127. The Morgan fingerprint density at radius 3 is 2.28 bits per heavy atom. The molecule has 1 aromatic carbocycles. The molecule has 0 bridgehead atoms. The lowest BCUT2D eigenvalue weighted by atomic mass is 10.0. The molecule has 0 spiro atoms. The lowest BCUT2D eigenvalue weighted by molar-refractivity contribution is 0.0602. The zero-order valence-corrected chi connectivity index (χ0v) is 18.4. The smallest absolute Gasteiger partial charge is 0.344 e. The average Bonchev–Trinajstić information content (AvgIpc) is 2.93. The lowest BCUT2D eigenvalue weighted by Gasteiger charge is -2.07. The number of ether oxygens (including phenoxy) is 1. The molecule has 1 aromatic heterocycles. The Kier molecular flexibility index (Phi) is 5.17. The second kappa shape index (κ2) is 7.63. The molecule has 5 heteroatoms. The van der Waals surface area contributed by atoms with Crippen molar-refractivity contribution in [3.05, 3.63) is 79.7 Å². The Hall–Kier alpha value is -2.67. The Morgan fingerprint density at radius 1 is 0.966 bits per heavy atom. The molecule has 2 aliphatic carbocycles. The van der Waals surface area contributed by atoms with Crippen molar-refractivity contribution in [2.24, 2.45) is 0 Å². The maximum atomic E-state index is 12.6. The first-order valence-corrected chi connectivity index (χ1v) is 10.4. The molecule has 0 aliphatic heterocycles. The van der Waals surface area contributed by atoms with Crippen LogP contribution < -0.4 is 5.63 Å². The van der Waals surface area contributed by atoms with Gasteiger partial charge in [-0.1, -0.05) is 56.3 Å². The highest BCUT2D eigenvalue weighted by molar-refractivity contribution is 14.1. The number of hydrogen-bond acceptors (Lipinski definition) is 4. The quantitative estimate of drug-likeness (QED) is 0.254. The van der Waals surface area contributed by atoms with E-state index in [0.717, 1.165) is 25.6 Å². The van der Waals surface area contributed by atoms with Crippen molar-refractivity contribution >= 4 is 39.3 Å². The minimum atomic E-state index is -0.420. The van der Waals surface area contributed by atoms with Crippen LogP contribution in [0.15, 0.2) is 63.8 Å². The van der Waals surface area contributed by atoms with Gasteiger partial charge in [-0.3, -0.25) is 0 Å². The minimum Gasteiger partial charge on any atom is -0.465 e. The largest absolute Gasteiger partial charge is 0.465 e. The summed E-state index contributed by atoms with van der Waals surface area (Å²) in [5.41, 5.74) is 3.53. The van der Waals surface area contributed by atoms with Gasteiger partial charge in [0.25, 0.3) is 0 Å². The van der Waals surface area contributed by atoms with Crippen LogP contribution in [0.5, 0.6) is 0 Å². The van der Waals surface area contributed by atoms with E-state index in [9.17, 15) is 9.59 Å². The molecule has 0 saturated carbocycles. The maximum Gasteiger partial charge on any atom is 0.344 e. The predicted octanol–water partition coefficient (Wildman–Crippen LogP) is 6.08. The van der Waals surface area contributed by atoms with Crippen molar-refractivity contribution in [1.29, 1.82) is 0 Å². The summed E-state index contributed by atoms with van der Waals surface area (Å²) in [5.74, 6) is 0.388. The number of methoxy groups -OCH3 is 1. The number of halogens is 1. The molecule has 29 heavy (non-hydrogen) atoms. The second-order valence-corrected chi connectivity index (χ2v) is 8.27. The normalized spacial score (nSPS) is 11.3. The van der Waals surface area contributed by atoms with Crippen LogP contribution >= 0.6 is 22.6 Å². The molecule has 4 rings (SSSR count). The Balaban J connectivity index is 2.07. The van der Waals surface area contributed by atoms with E-state index < -0.39 is 11.6 Å². The van der Waals surface area contributed by atoms with E-state index in [1.807, 2.05) is 42.5 Å². The summed E-state index contributed by atoms with van der Waals surface area (Å²) in [5, 5.41) is 1.37. The topological polar surface area (TPSA) is 56.5 Å². The van der Waals surface area contributed by atoms with Crippen molar-refractivity contribution in [1.82, 2.24) is 0 Å². The molecule has 4 nitrogen and oxygen atoms in total. The molecular formula is C24H19IO4. The molecule has 0 amide bonds. The third-order valence-corrected chi connectivity index (χ3v) is 6.21. The molecule has 0 atom stereocenters. The maximum absolute atomic E-state index is 12.6. The van der Waals surface area contributed by atoms with Gasteiger partial charge in [0.15, 0.2) is 5.76 Å². The van der Waals surface area contributed by atoms with Crippen LogP contribution in [0.4, 0.5) is 0 Å². The zero-order chi connectivity index (χ0) is 20.7. The van der Waals surface area contributed by atoms with Gasteiger partial charge in [0.1, 0.15) is 0 Å². The van der Waals surface area contributed by atoms with E-state index in [1.54, 1.807) is 12.1 Å². The molecular weight excluding hydrogens is 479 g/mol. The van der Waals surface area contributed by atoms with Crippen molar-refractivity contribution in [2.45, 2.75) is 19.8 Å². The predicted molar refractivity (Wildman–Crippen MR) is 123 cm³/mol. The standard InChI is InChI=1S/C24H19IO4/c1-13(2)14-8-10-15-16(11-9-14)20(23(26)28-3)12-19(15)22-21(25)17-6-4-5-7-18(17)24(27)29-22/h4-13H,1-3H3. The van der Waals surface area contributed by atoms with Crippen LogP contribution in [0.3, 0.4) is 0 Å². The van der Waals surface area contributed by atoms with E-state index >= 15 is 0 Å². The van der Waals surface area contributed by atoms with E-state index in [2.05, 4.69) is 36.4 Å². The van der Waals surface area contributed by atoms with E-state index in [1.165, 1.54) is 7.11 Å². The summed E-state index contributed by atoms with van der Waals surface area (Å²) in [6.45, 7) is 4.24. The van der Waals surface area contributed by atoms with Gasteiger partial charge in [-0.05, 0) is 57.3 Å². The number of hydrogen-bond donors (Lipinski definition) is 0. The van der Waals surface area contributed by atoms with Gasteiger partial charge in [-0.15, -0.1) is 0 Å². The van der Waals surface area contributed by atoms with Crippen molar-refractivity contribution in [2.75, 3.05) is 7.11 Å². The summed E-state index contributed by atoms with van der Waals surface area (Å²) >= 11 is 2.20. The van der Waals surface area contributed by atoms with Gasteiger partial charge in [0.05, 0.1) is 21.6 Å². The highest BCUT2D eigenvalue weighted by Crippen LogP contribution is 2.41. The van der Waals surface area contributed by atoms with Gasteiger partial charge in [0.2, 0.25) is 0 Å². The summed E-state index contributed by atoms with van der Waals surface area (Å²) in [7, 11) is 1.36. The van der Waals surface area contributed by atoms with E-state index in [0.29, 0.717) is 28.2 Å². The van der Waals surface area contributed by atoms with Crippen molar-refractivity contribution in [3.8, 4) is 22.5 Å². The van der Waals surface area contributed by atoms with Crippen LogP contribution in [-0.4, -0.2) is 13.1 Å². The molecule has 1 heterocycles. The number of carbonyl (C=O) groups excluding carboxylic acids is 1. The molecule has 2 aliphatic rings. The summed E-state index contributed by atoms with van der Waals surface area (Å²) < 4.78 is 11.6. The van der Waals surface area contributed by atoms with Crippen molar-refractivity contribution in [3.63, 3.8) is 0 Å². The van der Waals surface area contributed by atoms with Gasteiger partial charge < -0.3 is 9.15 Å². The van der Waals surface area contributed by atoms with Gasteiger partial charge in [-0.2, -0.15) is 0 Å². The first kappa shape index (κ1) is 19.6. The third kappa shape index (κ3) is 3.33. The molecule has 0 saturated heterocycles. The summed E-state index contributed by atoms with van der Waals surface area (Å²) in [6, 6.07) is 17.1. The number of fused-ring (bicyclic) bond motifs is 2. The Bertz CT molecular complexity index is 1270. The minimum absolute atomic E-state index is 0.343. The fourth-order valence-electron chi connectivity index (χ4n) is 3.56. The third-order valence-electron chi connectivity index (χ3n) is 5.14. The highest BCUT2D eigenvalue weighted by Gasteiger charge is 2.25. The molecule has 0 fully saturated rings.